The molecule has 0 saturated heterocycles. The van der Waals surface area contributed by atoms with Crippen molar-refractivity contribution in [3.8, 4) is 0 Å². The summed E-state index contributed by atoms with van der Waals surface area (Å²) in [5.74, 6) is -0.478. The van der Waals surface area contributed by atoms with Crippen LogP contribution in [0.4, 0.5) is 5.69 Å². The quantitative estimate of drug-likeness (QED) is 0.762. The van der Waals surface area contributed by atoms with E-state index in [1.54, 1.807) is 12.1 Å². The van der Waals surface area contributed by atoms with Gasteiger partial charge in [-0.05, 0) is 18.2 Å². The highest BCUT2D eigenvalue weighted by Gasteiger charge is 2.19. The second-order valence-corrected chi connectivity index (χ2v) is 6.98. The summed E-state index contributed by atoms with van der Waals surface area (Å²) in [4.78, 5) is 11.0. The second kappa shape index (κ2) is 7.26. The molecule has 0 heterocycles. The number of nitrogens with one attached hydrogen (secondary N) is 1. The normalized spacial score (nSPS) is 11.4. The van der Waals surface area contributed by atoms with E-state index in [0.29, 0.717) is 0 Å². The highest BCUT2D eigenvalue weighted by Crippen LogP contribution is 2.26. The topological polar surface area (TPSA) is 75.7 Å². The van der Waals surface area contributed by atoms with Gasteiger partial charge in [-0.15, -0.1) is 0 Å². The fraction of sp³-hybridized carbons (Fsp3) is 0.364. The van der Waals surface area contributed by atoms with E-state index in [2.05, 4.69) is 25.4 Å². The highest BCUT2D eigenvalue weighted by molar-refractivity contribution is 9.10. The molecule has 0 saturated carbocycles. The summed E-state index contributed by atoms with van der Waals surface area (Å²) >= 11 is 9.17. The summed E-state index contributed by atoms with van der Waals surface area (Å²) in [6.45, 7) is 0.0101. The molecule has 1 rings (SSSR count). The van der Waals surface area contributed by atoms with Crippen molar-refractivity contribution in [1.82, 2.24) is 4.31 Å². The molecule has 9 heteroatoms. The Morgan fingerprint density at radius 1 is 1.50 bits per heavy atom. The van der Waals surface area contributed by atoms with Crippen LogP contribution in [-0.2, 0) is 19.7 Å². The van der Waals surface area contributed by atoms with Crippen molar-refractivity contribution in [2.75, 3.05) is 25.4 Å². The van der Waals surface area contributed by atoms with Gasteiger partial charge >= 0.3 is 16.2 Å². The van der Waals surface area contributed by atoms with Crippen molar-refractivity contribution in [2.24, 2.45) is 0 Å². The Balaban J connectivity index is 2.76. The van der Waals surface area contributed by atoms with Crippen LogP contribution in [0, 0.1) is 0 Å². The fourth-order valence-corrected chi connectivity index (χ4v) is 2.98. The zero-order valence-corrected chi connectivity index (χ0v) is 14.0. The zero-order valence-electron chi connectivity index (χ0n) is 10.9. The first-order valence-electron chi connectivity index (χ1n) is 5.52. The van der Waals surface area contributed by atoms with Gasteiger partial charge in [0, 0.05) is 18.1 Å². The van der Waals surface area contributed by atoms with Crippen molar-refractivity contribution >= 4 is 49.4 Å². The minimum Gasteiger partial charge on any atom is -0.469 e. The van der Waals surface area contributed by atoms with Crippen LogP contribution in [0.5, 0.6) is 0 Å². The average molecular weight is 386 g/mol. The Morgan fingerprint density at radius 3 is 2.70 bits per heavy atom. The SMILES string of the molecule is COC(=O)CCN(C)S(=O)(=O)Nc1ccc(Br)cc1Cl. The number of ether oxygens (including phenoxy) is 1. The Kier molecular flexibility index (Phi) is 6.25. The Morgan fingerprint density at radius 2 is 2.15 bits per heavy atom. The molecule has 1 aromatic rings. The molecule has 0 fully saturated rings. The molecular formula is C11H14BrClN2O4S. The number of hydrogen-bond acceptors (Lipinski definition) is 4. The fourth-order valence-electron chi connectivity index (χ4n) is 1.26. The first kappa shape index (κ1) is 17.2. The molecule has 0 bridgehead atoms. The molecule has 0 aliphatic rings. The van der Waals surface area contributed by atoms with Crippen LogP contribution in [0.25, 0.3) is 0 Å². The van der Waals surface area contributed by atoms with E-state index < -0.39 is 16.2 Å². The number of nitrogens with zero attached hydrogens (tertiary/aromatic N) is 1. The summed E-state index contributed by atoms with van der Waals surface area (Å²) < 4.78 is 32.6. The first-order chi connectivity index (χ1) is 9.26. The molecule has 0 aliphatic carbocycles. The monoisotopic (exact) mass is 384 g/mol. The summed E-state index contributed by atoms with van der Waals surface area (Å²) in [7, 11) is -1.17. The number of rotatable bonds is 6. The third-order valence-corrected chi connectivity index (χ3v) is 4.73. The van der Waals surface area contributed by atoms with Crippen LogP contribution >= 0.6 is 27.5 Å². The molecule has 6 nitrogen and oxygen atoms in total. The minimum atomic E-state index is -3.78. The van der Waals surface area contributed by atoms with Crippen LogP contribution in [-0.4, -0.2) is 39.4 Å². The number of esters is 1. The Hall–Kier alpha value is -0.830. The number of anilines is 1. The van der Waals surface area contributed by atoms with E-state index in [-0.39, 0.29) is 23.7 Å². The maximum atomic E-state index is 12.0. The van der Waals surface area contributed by atoms with Crippen molar-refractivity contribution < 1.29 is 17.9 Å². The minimum absolute atomic E-state index is 0.0101. The maximum absolute atomic E-state index is 12.0. The number of halogens is 2. The number of benzene rings is 1. The van der Waals surface area contributed by atoms with Gasteiger partial charge in [-0.3, -0.25) is 9.52 Å². The van der Waals surface area contributed by atoms with Gasteiger partial charge in [-0.1, -0.05) is 27.5 Å². The number of carbonyl (C=O) groups excluding carboxylic acids is 1. The van der Waals surface area contributed by atoms with Crippen LogP contribution in [0.2, 0.25) is 5.02 Å². The average Bonchev–Trinajstić information content (AvgIpc) is 2.38. The van der Waals surface area contributed by atoms with Crippen LogP contribution in [0.15, 0.2) is 22.7 Å². The van der Waals surface area contributed by atoms with Crippen molar-refractivity contribution in [3.63, 3.8) is 0 Å². The van der Waals surface area contributed by atoms with Gasteiger partial charge in [0.1, 0.15) is 0 Å². The van der Waals surface area contributed by atoms with E-state index in [0.717, 1.165) is 8.78 Å². The van der Waals surface area contributed by atoms with E-state index in [1.807, 2.05) is 0 Å². The lowest BCUT2D eigenvalue weighted by molar-refractivity contribution is -0.140. The molecule has 20 heavy (non-hydrogen) atoms. The molecule has 0 amide bonds. The highest BCUT2D eigenvalue weighted by atomic mass is 79.9. The van der Waals surface area contributed by atoms with Gasteiger partial charge in [-0.25, -0.2) is 0 Å². The molecule has 1 N–H and O–H groups in total. The maximum Gasteiger partial charge on any atom is 0.306 e. The summed E-state index contributed by atoms with van der Waals surface area (Å²) in [5.41, 5.74) is 0.264. The lowest BCUT2D eigenvalue weighted by Gasteiger charge is -2.18. The van der Waals surface area contributed by atoms with E-state index in [9.17, 15) is 13.2 Å². The molecule has 0 radical (unpaired) electrons. The molecule has 0 atom stereocenters. The molecule has 0 unspecified atom stereocenters. The van der Waals surface area contributed by atoms with Gasteiger partial charge in [0.05, 0.1) is 24.2 Å². The largest absolute Gasteiger partial charge is 0.469 e. The van der Waals surface area contributed by atoms with Crippen molar-refractivity contribution in [3.05, 3.63) is 27.7 Å². The summed E-state index contributed by atoms with van der Waals surface area (Å²) in [6.07, 6.45) is -0.0258. The number of carbonyl (C=O) groups is 1. The molecule has 1 aromatic carbocycles. The lowest BCUT2D eigenvalue weighted by atomic mass is 10.3. The van der Waals surface area contributed by atoms with Gasteiger partial charge in [-0.2, -0.15) is 12.7 Å². The third-order valence-electron chi connectivity index (χ3n) is 2.44. The zero-order chi connectivity index (χ0) is 15.3. The van der Waals surface area contributed by atoms with Crippen LogP contribution in [0.1, 0.15) is 6.42 Å². The molecule has 0 aromatic heterocycles. The van der Waals surface area contributed by atoms with Crippen molar-refractivity contribution in [2.45, 2.75) is 6.42 Å². The van der Waals surface area contributed by atoms with Crippen LogP contribution < -0.4 is 4.72 Å². The van der Waals surface area contributed by atoms with E-state index in [4.69, 9.17) is 11.6 Å². The molecular weight excluding hydrogens is 372 g/mol. The molecule has 0 spiro atoms. The van der Waals surface area contributed by atoms with Gasteiger partial charge in [0.2, 0.25) is 0 Å². The first-order valence-corrected chi connectivity index (χ1v) is 8.13. The molecule has 112 valence electrons. The predicted molar refractivity (Wildman–Crippen MR) is 81.0 cm³/mol. The van der Waals surface area contributed by atoms with Gasteiger partial charge < -0.3 is 4.74 Å². The summed E-state index contributed by atoms with van der Waals surface area (Å²) in [5, 5.41) is 0.268. The van der Waals surface area contributed by atoms with Gasteiger partial charge in [0.25, 0.3) is 0 Å². The van der Waals surface area contributed by atoms with Gasteiger partial charge in [0.15, 0.2) is 0 Å². The van der Waals surface area contributed by atoms with E-state index in [1.165, 1.54) is 20.2 Å². The Bertz CT molecular complexity index is 594. The summed E-state index contributed by atoms with van der Waals surface area (Å²) in [6, 6.07) is 4.78. The Labute approximate surface area is 131 Å². The van der Waals surface area contributed by atoms with E-state index >= 15 is 0 Å². The number of hydrogen-bond donors (Lipinski definition) is 1. The third kappa shape index (κ3) is 4.93. The second-order valence-electron chi connectivity index (χ2n) is 3.88. The lowest BCUT2D eigenvalue weighted by Crippen LogP contribution is -2.34. The molecule has 0 aliphatic heterocycles. The smallest absolute Gasteiger partial charge is 0.306 e. The predicted octanol–water partition coefficient (Wildman–Crippen LogP) is 2.25. The standard InChI is InChI=1S/C11H14BrClN2O4S/c1-15(6-5-11(16)19-2)20(17,18)14-10-4-3-8(12)7-9(10)13/h3-4,7,14H,5-6H2,1-2H3. The number of methoxy groups -OCH3 is 1. The van der Waals surface area contributed by atoms with Crippen LogP contribution in [0.3, 0.4) is 0 Å². The van der Waals surface area contributed by atoms with Crippen molar-refractivity contribution in [1.29, 1.82) is 0 Å².